The summed E-state index contributed by atoms with van der Waals surface area (Å²) in [5, 5.41) is 0. The zero-order valence-corrected chi connectivity index (χ0v) is 41.3. The number of hydrogen-bond donors (Lipinski definition) is 0. The molecule has 0 aromatic rings. The van der Waals surface area contributed by atoms with Crippen molar-refractivity contribution in [3.63, 3.8) is 0 Å². The van der Waals surface area contributed by atoms with Crippen molar-refractivity contribution in [2.45, 2.75) is 226 Å². The number of ether oxygens (including phenoxy) is 3. The second-order valence-electron chi connectivity index (χ2n) is 16.8. The summed E-state index contributed by atoms with van der Waals surface area (Å²) in [6.07, 6.45) is 69.3. The molecule has 6 nitrogen and oxygen atoms in total. The minimum atomic E-state index is -0.807. The van der Waals surface area contributed by atoms with E-state index in [1.807, 2.05) is 36.5 Å². The first-order valence-corrected chi connectivity index (χ1v) is 25.9. The standard InChI is InChI=1S/C58H94O6/c1-4-7-10-13-16-19-22-25-27-28-29-30-31-34-36-39-42-45-48-51-57(60)63-54-55(53-62-56(59)50-47-44-41-38-35-32-24-21-18-15-12-9-6-3)64-58(61)52-49-46-43-40-37-33-26-23-20-17-14-11-8-5-2/h7,9-10,12,15-16,18-19,21,24-25,27,29-30,32,34-36,55H,4-6,8,11,13-14,17,20,22-23,26,28,31,33,37-54H2,1-3H3/b10-7+,12-9+,18-15+,19-16+,24-21+,27-25+,30-29+,35-32+,36-34+. The Morgan fingerprint density at radius 2 is 0.688 bits per heavy atom. The van der Waals surface area contributed by atoms with Crippen LogP contribution in [0.3, 0.4) is 0 Å². The molecular formula is C58H94O6. The number of carbonyl (C=O) groups is 3. The van der Waals surface area contributed by atoms with Crippen LogP contribution in [0.5, 0.6) is 0 Å². The largest absolute Gasteiger partial charge is 0.462 e. The summed E-state index contributed by atoms with van der Waals surface area (Å²) in [5.41, 5.74) is 0. The predicted molar refractivity (Wildman–Crippen MR) is 274 cm³/mol. The molecule has 0 amide bonds. The molecule has 362 valence electrons. The van der Waals surface area contributed by atoms with Crippen molar-refractivity contribution >= 4 is 17.9 Å². The fourth-order valence-electron chi connectivity index (χ4n) is 6.77. The van der Waals surface area contributed by atoms with Gasteiger partial charge in [-0.2, -0.15) is 0 Å². The van der Waals surface area contributed by atoms with Crippen LogP contribution in [-0.2, 0) is 28.6 Å². The summed E-state index contributed by atoms with van der Waals surface area (Å²) in [4.78, 5) is 38.0. The summed E-state index contributed by atoms with van der Waals surface area (Å²) < 4.78 is 16.7. The summed E-state index contributed by atoms with van der Waals surface area (Å²) in [7, 11) is 0. The molecule has 0 rings (SSSR count). The van der Waals surface area contributed by atoms with Crippen LogP contribution in [0.1, 0.15) is 220 Å². The molecule has 0 radical (unpaired) electrons. The van der Waals surface area contributed by atoms with Crippen LogP contribution in [-0.4, -0.2) is 37.2 Å². The number of carbonyl (C=O) groups excluding carboxylic acids is 3. The van der Waals surface area contributed by atoms with Crippen LogP contribution in [0.2, 0.25) is 0 Å². The molecule has 0 saturated heterocycles. The van der Waals surface area contributed by atoms with E-state index in [4.69, 9.17) is 14.2 Å². The third kappa shape index (κ3) is 49.1. The smallest absolute Gasteiger partial charge is 0.306 e. The Balaban J connectivity index is 4.49. The van der Waals surface area contributed by atoms with E-state index in [9.17, 15) is 14.4 Å². The van der Waals surface area contributed by atoms with Gasteiger partial charge in [0.15, 0.2) is 6.10 Å². The van der Waals surface area contributed by atoms with Crippen LogP contribution in [0.15, 0.2) is 109 Å². The third-order valence-corrected chi connectivity index (χ3v) is 10.6. The lowest BCUT2D eigenvalue weighted by Gasteiger charge is -2.18. The van der Waals surface area contributed by atoms with Gasteiger partial charge in [-0.05, 0) is 83.5 Å². The Hall–Kier alpha value is -3.93. The van der Waals surface area contributed by atoms with Gasteiger partial charge < -0.3 is 14.2 Å². The highest BCUT2D eigenvalue weighted by atomic mass is 16.6. The molecule has 0 fully saturated rings. The maximum absolute atomic E-state index is 12.8. The van der Waals surface area contributed by atoms with E-state index in [-0.39, 0.29) is 31.1 Å². The van der Waals surface area contributed by atoms with Crippen molar-refractivity contribution in [1.29, 1.82) is 0 Å². The lowest BCUT2D eigenvalue weighted by molar-refractivity contribution is -0.167. The number of esters is 3. The molecule has 0 aliphatic rings. The first kappa shape index (κ1) is 60.1. The zero-order valence-electron chi connectivity index (χ0n) is 41.3. The van der Waals surface area contributed by atoms with Crippen molar-refractivity contribution in [3.05, 3.63) is 109 Å². The van der Waals surface area contributed by atoms with Crippen molar-refractivity contribution in [2.75, 3.05) is 13.2 Å². The van der Waals surface area contributed by atoms with Gasteiger partial charge in [0, 0.05) is 19.3 Å². The van der Waals surface area contributed by atoms with E-state index >= 15 is 0 Å². The minimum absolute atomic E-state index is 0.108. The quantitative estimate of drug-likeness (QED) is 0.0199. The van der Waals surface area contributed by atoms with Gasteiger partial charge in [-0.15, -0.1) is 0 Å². The molecule has 0 spiro atoms. The summed E-state index contributed by atoms with van der Waals surface area (Å²) >= 11 is 0. The summed E-state index contributed by atoms with van der Waals surface area (Å²) in [6, 6.07) is 0. The van der Waals surface area contributed by atoms with Gasteiger partial charge in [-0.1, -0.05) is 226 Å². The van der Waals surface area contributed by atoms with E-state index in [1.54, 1.807) is 0 Å². The second-order valence-corrected chi connectivity index (χ2v) is 16.8. The number of hydrogen-bond acceptors (Lipinski definition) is 6. The Morgan fingerprint density at radius 1 is 0.344 bits per heavy atom. The fourth-order valence-corrected chi connectivity index (χ4v) is 6.77. The molecule has 0 bridgehead atoms. The van der Waals surface area contributed by atoms with Crippen LogP contribution in [0.4, 0.5) is 0 Å². The average Bonchev–Trinajstić information content (AvgIpc) is 3.29. The number of allylic oxidation sites excluding steroid dienone is 18. The summed E-state index contributed by atoms with van der Waals surface area (Å²) in [6.45, 7) is 6.31. The molecule has 0 N–H and O–H groups in total. The van der Waals surface area contributed by atoms with E-state index in [1.165, 1.54) is 70.6 Å². The molecule has 64 heavy (non-hydrogen) atoms. The van der Waals surface area contributed by atoms with Gasteiger partial charge >= 0.3 is 17.9 Å². The van der Waals surface area contributed by atoms with Gasteiger partial charge in [0.1, 0.15) is 13.2 Å². The third-order valence-electron chi connectivity index (χ3n) is 10.6. The predicted octanol–water partition coefficient (Wildman–Crippen LogP) is 17.1. The molecule has 0 saturated carbocycles. The van der Waals surface area contributed by atoms with E-state index in [0.717, 1.165) is 109 Å². The van der Waals surface area contributed by atoms with Crippen molar-refractivity contribution < 1.29 is 28.6 Å². The SMILES string of the molecule is CC/C=C/C=C/C=C/C=C/CCCCCC(=O)OCC(COC(=O)CCCCC/C=C/C/C=C/C/C=C/C/C=C/C/C=C/CC)OC(=O)CCCCCCCCCCCCCCCC. The zero-order chi connectivity index (χ0) is 46.5. The van der Waals surface area contributed by atoms with Crippen molar-refractivity contribution in [1.82, 2.24) is 0 Å². The Bertz CT molecular complexity index is 1340. The fraction of sp³-hybridized carbons (Fsp3) is 0.638. The van der Waals surface area contributed by atoms with Crippen LogP contribution in [0.25, 0.3) is 0 Å². The first-order valence-electron chi connectivity index (χ1n) is 25.9. The highest BCUT2D eigenvalue weighted by Crippen LogP contribution is 2.15. The Morgan fingerprint density at radius 3 is 1.14 bits per heavy atom. The maximum atomic E-state index is 12.8. The molecule has 6 heteroatoms. The van der Waals surface area contributed by atoms with Crippen LogP contribution < -0.4 is 0 Å². The molecule has 0 aromatic heterocycles. The van der Waals surface area contributed by atoms with Crippen molar-refractivity contribution in [2.24, 2.45) is 0 Å². The Labute approximate surface area is 393 Å². The molecule has 0 heterocycles. The molecule has 0 aromatic carbocycles. The molecule has 0 aliphatic heterocycles. The Kier molecular flexibility index (Phi) is 48.5. The van der Waals surface area contributed by atoms with Crippen molar-refractivity contribution in [3.8, 4) is 0 Å². The van der Waals surface area contributed by atoms with Gasteiger partial charge in [0.2, 0.25) is 0 Å². The monoisotopic (exact) mass is 887 g/mol. The topological polar surface area (TPSA) is 78.9 Å². The van der Waals surface area contributed by atoms with Gasteiger partial charge in [0.05, 0.1) is 0 Å². The first-order chi connectivity index (χ1) is 31.5. The minimum Gasteiger partial charge on any atom is -0.462 e. The highest BCUT2D eigenvalue weighted by molar-refractivity contribution is 5.71. The number of rotatable bonds is 45. The lowest BCUT2D eigenvalue weighted by atomic mass is 10.0. The van der Waals surface area contributed by atoms with E-state index < -0.39 is 6.10 Å². The molecule has 0 aliphatic carbocycles. The molecule has 1 atom stereocenters. The highest BCUT2D eigenvalue weighted by Gasteiger charge is 2.19. The number of unbranched alkanes of at least 4 members (excludes halogenated alkanes) is 19. The lowest BCUT2D eigenvalue weighted by Crippen LogP contribution is -2.30. The summed E-state index contributed by atoms with van der Waals surface area (Å²) in [5.74, 6) is -0.980. The van der Waals surface area contributed by atoms with E-state index in [0.29, 0.717) is 19.3 Å². The van der Waals surface area contributed by atoms with Gasteiger partial charge in [-0.3, -0.25) is 14.4 Å². The van der Waals surface area contributed by atoms with Crippen LogP contribution >= 0.6 is 0 Å². The average molecular weight is 887 g/mol. The molecule has 1 unspecified atom stereocenters. The van der Waals surface area contributed by atoms with Gasteiger partial charge in [-0.25, -0.2) is 0 Å². The van der Waals surface area contributed by atoms with E-state index in [2.05, 4.69) is 93.7 Å². The normalized spacial score (nSPS) is 13.0. The van der Waals surface area contributed by atoms with Crippen LogP contribution in [0, 0.1) is 0 Å². The van der Waals surface area contributed by atoms with Gasteiger partial charge in [0.25, 0.3) is 0 Å². The second kappa shape index (κ2) is 51.7. The maximum Gasteiger partial charge on any atom is 0.306 e. The molecular weight excluding hydrogens is 793 g/mol.